The van der Waals surface area contributed by atoms with Crippen LogP contribution in [0.2, 0.25) is 0 Å². The number of fused-ring (bicyclic) bond motifs is 1. The van der Waals surface area contributed by atoms with Gasteiger partial charge in [0, 0.05) is 62.0 Å². The minimum Gasteiger partial charge on any atom is -0.337 e. The molecule has 0 radical (unpaired) electrons. The van der Waals surface area contributed by atoms with E-state index in [9.17, 15) is 22.8 Å². The number of para-hydroxylation sites is 2. The highest BCUT2D eigenvalue weighted by Crippen LogP contribution is 2.44. The van der Waals surface area contributed by atoms with Crippen LogP contribution in [0.1, 0.15) is 28.2 Å². The third-order valence-corrected chi connectivity index (χ3v) is 7.13. The Morgan fingerprint density at radius 2 is 1.57 bits per heavy atom. The lowest BCUT2D eigenvalue weighted by Gasteiger charge is -2.32. The minimum atomic E-state index is -4.97. The zero-order chi connectivity index (χ0) is 28.7. The number of allylic oxidation sites excluding steroid dienone is 1. The number of carbonyl (C=O) groups excluding carboxylic acids is 2. The van der Waals surface area contributed by atoms with Gasteiger partial charge in [-0.25, -0.2) is 13.8 Å². The molecule has 12 heteroatoms. The van der Waals surface area contributed by atoms with Crippen LogP contribution in [-0.2, 0) is 11.0 Å². The predicted octanol–water partition coefficient (Wildman–Crippen LogP) is 4.73. The van der Waals surface area contributed by atoms with Gasteiger partial charge in [-0.3, -0.25) is 14.2 Å². The van der Waals surface area contributed by atoms with Crippen molar-refractivity contribution in [2.45, 2.75) is 18.5 Å². The van der Waals surface area contributed by atoms with Gasteiger partial charge in [0.1, 0.15) is 6.33 Å². The number of hydrogen-bond acceptors (Lipinski definition) is 4. The van der Waals surface area contributed by atoms with Crippen molar-refractivity contribution in [3.8, 4) is 5.69 Å². The van der Waals surface area contributed by atoms with E-state index in [1.54, 1.807) is 18.2 Å². The molecular formula is C28H26F5N5O2. The van der Waals surface area contributed by atoms with Crippen LogP contribution in [0.4, 0.5) is 27.6 Å². The lowest BCUT2D eigenvalue weighted by Crippen LogP contribution is -2.46. The first-order chi connectivity index (χ1) is 19.0. The van der Waals surface area contributed by atoms with Gasteiger partial charge < -0.3 is 14.7 Å². The molecule has 210 valence electrons. The average molecular weight is 560 g/mol. The van der Waals surface area contributed by atoms with Gasteiger partial charge in [-0.05, 0) is 25.2 Å². The van der Waals surface area contributed by atoms with Gasteiger partial charge in [0.05, 0.1) is 5.69 Å². The summed E-state index contributed by atoms with van der Waals surface area (Å²) in [4.78, 5) is 34.8. The SMILES string of the molecule is CN1CCN(C(=O)C=C2c3ccccc3N(C(=O)c3ncn(-c4ccccc4)c3C(F)(F)F)CCC2(F)F)CC1. The Morgan fingerprint density at radius 3 is 2.25 bits per heavy atom. The first-order valence-corrected chi connectivity index (χ1v) is 12.7. The van der Waals surface area contributed by atoms with E-state index in [4.69, 9.17) is 0 Å². The van der Waals surface area contributed by atoms with E-state index in [1.165, 1.54) is 41.3 Å². The molecule has 7 nitrogen and oxygen atoms in total. The summed E-state index contributed by atoms with van der Waals surface area (Å²) in [7, 11) is 1.90. The van der Waals surface area contributed by atoms with Crippen LogP contribution >= 0.6 is 0 Å². The maximum atomic E-state index is 15.5. The molecule has 3 aromatic rings. The number of halogens is 5. The van der Waals surface area contributed by atoms with Crippen molar-refractivity contribution >= 4 is 23.1 Å². The number of carbonyl (C=O) groups is 2. The van der Waals surface area contributed by atoms with E-state index in [0.29, 0.717) is 26.2 Å². The number of piperazine rings is 1. The maximum absolute atomic E-state index is 15.5. The van der Waals surface area contributed by atoms with Crippen LogP contribution in [0.25, 0.3) is 11.3 Å². The topological polar surface area (TPSA) is 61.7 Å². The van der Waals surface area contributed by atoms with Crippen LogP contribution in [-0.4, -0.2) is 76.9 Å². The highest BCUT2D eigenvalue weighted by molar-refractivity contribution is 6.08. The molecule has 0 saturated carbocycles. The number of hydrogen-bond donors (Lipinski definition) is 0. The van der Waals surface area contributed by atoms with Crippen molar-refractivity contribution in [3.05, 3.63) is 84.0 Å². The summed E-state index contributed by atoms with van der Waals surface area (Å²) in [5.74, 6) is -5.28. The molecule has 0 atom stereocenters. The quantitative estimate of drug-likeness (QED) is 0.344. The summed E-state index contributed by atoms with van der Waals surface area (Å²) in [6.45, 7) is 1.36. The maximum Gasteiger partial charge on any atom is 0.434 e. The van der Waals surface area contributed by atoms with E-state index in [0.717, 1.165) is 21.9 Å². The summed E-state index contributed by atoms with van der Waals surface area (Å²) in [5, 5.41) is 0. The molecule has 0 spiro atoms. The monoisotopic (exact) mass is 559 g/mol. The number of nitrogens with zero attached hydrogens (tertiary/aromatic N) is 5. The molecule has 2 aromatic carbocycles. The van der Waals surface area contributed by atoms with Crippen molar-refractivity contribution in [1.82, 2.24) is 19.4 Å². The number of anilines is 1. The largest absolute Gasteiger partial charge is 0.434 e. The Labute approximate surface area is 227 Å². The third-order valence-electron chi connectivity index (χ3n) is 7.13. The van der Waals surface area contributed by atoms with Crippen LogP contribution in [0, 0.1) is 0 Å². The standard InChI is InChI=1S/C28H26F5N5O2/c1-35-13-15-36(16-14-35)23(39)17-21-20-9-5-6-10-22(20)37(12-11-27(21,29)30)26(40)24-25(28(31,32)33)38(18-34-24)19-7-3-2-4-8-19/h2-10,17-18H,11-16H2,1H3. The Bertz CT molecular complexity index is 1440. The number of benzene rings is 2. The van der Waals surface area contributed by atoms with E-state index in [1.807, 2.05) is 11.9 Å². The fraction of sp³-hybridized carbons (Fsp3) is 0.321. The molecular weight excluding hydrogens is 533 g/mol. The minimum absolute atomic E-state index is 0.0236. The average Bonchev–Trinajstić information content (AvgIpc) is 3.35. The summed E-state index contributed by atoms with van der Waals surface area (Å²) >= 11 is 0. The third kappa shape index (κ3) is 5.23. The zero-order valence-electron chi connectivity index (χ0n) is 21.5. The van der Waals surface area contributed by atoms with Gasteiger partial charge in [0.2, 0.25) is 5.91 Å². The Balaban J connectivity index is 1.56. The summed E-state index contributed by atoms with van der Waals surface area (Å²) in [6.07, 6.45) is -4.07. The first kappa shape index (κ1) is 27.5. The van der Waals surface area contributed by atoms with Crippen molar-refractivity contribution in [2.24, 2.45) is 0 Å². The molecule has 40 heavy (non-hydrogen) atoms. The van der Waals surface area contributed by atoms with Gasteiger partial charge in [0.15, 0.2) is 11.4 Å². The molecule has 1 saturated heterocycles. The highest BCUT2D eigenvalue weighted by atomic mass is 19.4. The summed E-state index contributed by atoms with van der Waals surface area (Å²) in [5.41, 5.74) is -2.78. The fourth-order valence-corrected chi connectivity index (χ4v) is 4.96. The van der Waals surface area contributed by atoms with Crippen molar-refractivity contribution in [2.75, 3.05) is 44.7 Å². The molecule has 3 heterocycles. The summed E-state index contributed by atoms with van der Waals surface area (Å²) in [6, 6.07) is 13.3. The number of rotatable bonds is 3. The number of likely N-dealkylation sites (N-methyl/N-ethyl adjacent to an activating group) is 1. The molecule has 0 unspecified atom stereocenters. The molecule has 2 aliphatic heterocycles. The molecule has 0 aliphatic carbocycles. The Morgan fingerprint density at radius 1 is 0.925 bits per heavy atom. The second-order valence-corrected chi connectivity index (χ2v) is 9.76. The molecule has 1 fully saturated rings. The second-order valence-electron chi connectivity index (χ2n) is 9.76. The van der Waals surface area contributed by atoms with Crippen LogP contribution < -0.4 is 4.90 Å². The molecule has 5 rings (SSSR count). The van der Waals surface area contributed by atoms with Gasteiger partial charge in [-0.15, -0.1) is 0 Å². The number of alkyl halides is 5. The van der Waals surface area contributed by atoms with Crippen molar-refractivity contribution in [1.29, 1.82) is 0 Å². The van der Waals surface area contributed by atoms with Crippen molar-refractivity contribution < 1.29 is 31.5 Å². The number of imidazole rings is 1. The molecule has 2 amide bonds. The lowest BCUT2D eigenvalue weighted by atomic mass is 9.96. The smallest absolute Gasteiger partial charge is 0.337 e. The molecule has 0 bridgehead atoms. The van der Waals surface area contributed by atoms with Gasteiger partial charge in [-0.1, -0.05) is 36.4 Å². The summed E-state index contributed by atoms with van der Waals surface area (Å²) < 4.78 is 74.6. The van der Waals surface area contributed by atoms with Crippen LogP contribution in [0.3, 0.4) is 0 Å². The van der Waals surface area contributed by atoms with E-state index < -0.39 is 53.8 Å². The first-order valence-electron chi connectivity index (χ1n) is 12.7. The molecule has 1 aromatic heterocycles. The van der Waals surface area contributed by atoms with Gasteiger partial charge in [0.25, 0.3) is 11.8 Å². The van der Waals surface area contributed by atoms with Gasteiger partial charge in [-0.2, -0.15) is 13.2 Å². The number of amides is 2. The lowest BCUT2D eigenvalue weighted by molar-refractivity contribution is -0.142. The zero-order valence-corrected chi connectivity index (χ0v) is 21.5. The van der Waals surface area contributed by atoms with E-state index in [2.05, 4.69) is 4.98 Å². The Kier molecular flexibility index (Phi) is 7.21. The second kappa shape index (κ2) is 10.5. The van der Waals surface area contributed by atoms with Crippen LogP contribution in [0.5, 0.6) is 0 Å². The van der Waals surface area contributed by atoms with Crippen molar-refractivity contribution in [3.63, 3.8) is 0 Å². The van der Waals surface area contributed by atoms with Crippen LogP contribution in [0.15, 0.2) is 67.0 Å². The highest BCUT2D eigenvalue weighted by Gasteiger charge is 2.45. The van der Waals surface area contributed by atoms with E-state index >= 15 is 8.78 Å². The predicted molar refractivity (Wildman–Crippen MR) is 138 cm³/mol. The van der Waals surface area contributed by atoms with E-state index in [-0.39, 0.29) is 16.9 Å². The fourth-order valence-electron chi connectivity index (χ4n) is 4.96. The molecule has 0 N–H and O–H groups in total. The molecule has 2 aliphatic rings. The van der Waals surface area contributed by atoms with Gasteiger partial charge >= 0.3 is 6.18 Å². The normalized spacial score (nSPS) is 18.9. The number of aromatic nitrogens is 2. The Hall–Kier alpha value is -4.06.